The Hall–Kier alpha value is -0.0400. The van der Waals surface area contributed by atoms with Crippen LogP contribution in [0.3, 0.4) is 0 Å². The van der Waals surface area contributed by atoms with Crippen molar-refractivity contribution >= 4 is 0 Å². The molecule has 2 rings (SSSR count). The van der Waals surface area contributed by atoms with Crippen molar-refractivity contribution < 1.29 is 5.11 Å². The monoisotopic (exact) mass is 238 g/mol. The molecular formula is C16H30O. The van der Waals surface area contributed by atoms with Gasteiger partial charge < -0.3 is 5.11 Å². The lowest BCUT2D eigenvalue weighted by Gasteiger charge is -2.55. The molecule has 2 aliphatic rings. The van der Waals surface area contributed by atoms with Crippen LogP contribution in [0.15, 0.2) is 0 Å². The van der Waals surface area contributed by atoms with E-state index in [2.05, 4.69) is 27.7 Å². The van der Waals surface area contributed by atoms with Crippen LogP contribution in [0, 0.1) is 28.6 Å². The predicted octanol–water partition coefficient (Wildman–Crippen LogP) is 4.25. The van der Waals surface area contributed by atoms with E-state index >= 15 is 0 Å². The summed E-state index contributed by atoms with van der Waals surface area (Å²) in [6.45, 7) is 11.5. The Labute approximate surface area is 107 Å². The van der Waals surface area contributed by atoms with Gasteiger partial charge in [0.25, 0.3) is 0 Å². The van der Waals surface area contributed by atoms with Crippen LogP contribution in [-0.4, -0.2) is 11.2 Å². The summed E-state index contributed by atoms with van der Waals surface area (Å²) in [7, 11) is 0. The van der Waals surface area contributed by atoms with E-state index in [4.69, 9.17) is 0 Å². The molecule has 0 spiro atoms. The Morgan fingerprint density at radius 3 is 2.47 bits per heavy atom. The SMILES string of the molecule is C[C@H](O)[C@]1(C)C[C@@H]2[C@@H](CCCC2(C)C)C[C@@H]1C. The van der Waals surface area contributed by atoms with Crippen LogP contribution in [0.5, 0.6) is 0 Å². The van der Waals surface area contributed by atoms with Crippen molar-refractivity contribution in [3.63, 3.8) is 0 Å². The summed E-state index contributed by atoms with van der Waals surface area (Å²) in [5.41, 5.74) is 0.620. The Morgan fingerprint density at radius 2 is 1.88 bits per heavy atom. The molecular weight excluding hydrogens is 208 g/mol. The minimum absolute atomic E-state index is 0.135. The molecule has 1 heteroatoms. The second kappa shape index (κ2) is 4.26. The van der Waals surface area contributed by atoms with Crippen LogP contribution < -0.4 is 0 Å². The van der Waals surface area contributed by atoms with Gasteiger partial charge in [-0.1, -0.05) is 40.5 Å². The van der Waals surface area contributed by atoms with Gasteiger partial charge in [0.15, 0.2) is 0 Å². The Balaban J connectivity index is 2.23. The van der Waals surface area contributed by atoms with Crippen molar-refractivity contribution in [1.82, 2.24) is 0 Å². The fraction of sp³-hybridized carbons (Fsp3) is 1.00. The Bertz CT molecular complexity index is 281. The molecule has 2 fully saturated rings. The van der Waals surface area contributed by atoms with Crippen molar-refractivity contribution in [3.05, 3.63) is 0 Å². The van der Waals surface area contributed by atoms with E-state index in [1.807, 2.05) is 6.92 Å². The quantitative estimate of drug-likeness (QED) is 0.724. The molecule has 0 amide bonds. The lowest BCUT2D eigenvalue weighted by molar-refractivity contribution is -0.0951. The summed E-state index contributed by atoms with van der Waals surface area (Å²) in [5, 5.41) is 10.2. The van der Waals surface area contributed by atoms with Crippen molar-refractivity contribution in [3.8, 4) is 0 Å². The highest BCUT2D eigenvalue weighted by atomic mass is 16.3. The molecule has 0 aliphatic heterocycles. The number of hydrogen-bond donors (Lipinski definition) is 1. The maximum absolute atomic E-state index is 10.2. The second-order valence-electron chi connectivity index (χ2n) is 7.77. The first kappa shape index (κ1) is 13.4. The molecule has 17 heavy (non-hydrogen) atoms. The molecule has 0 radical (unpaired) electrons. The Morgan fingerprint density at radius 1 is 1.24 bits per heavy atom. The van der Waals surface area contributed by atoms with Crippen LogP contribution in [0.4, 0.5) is 0 Å². The topological polar surface area (TPSA) is 20.2 Å². The average Bonchev–Trinajstić information content (AvgIpc) is 2.21. The van der Waals surface area contributed by atoms with Gasteiger partial charge in [0.05, 0.1) is 6.10 Å². The lowest BCUT2D eigenvalue weighted by atomic mass is 9.50. The van der Waals surface area contributed by atoms with E-state index < -0.39 is 0 Å². The molecule has 0 bridgehead atoms. The number of aliphatic hydroxyl groups is 1. The van der Waals surface area contributed by atoms with E-state index in [9.17, 15) is 5.11 Å². The molecule has 100 valence electrons. The molecule has 0 aromatic rings. The fourth-order valence-electron chi connectivity index (χ4n) is 4.55. The summed E-state index contributed by atoms with van der Waals surface area (Å²) in [6, 6.07) is 0. The summed E-state index contributed by atoms with van der Waals surface area (Å²) in [6.07, 6.45) is 6.59. The highest BCUT2D eigenvalue weighted by Gasteiger charge is 2.50. The average molecular weight is 238 g/mol. The third-order valence-electron chi connectivity index (χ3n) is 6.37. The van der Waals surface area contributed by atoms with E-state index in [1.54, 1.807) is 0 Å². The Kier molecular flexibility index (Phi) is 3.36. The normalized spacial score (nSPS) is 47.3. The summed E-state index contributed by atoms with van der Waals surface area (Å²) in [5.74, 6) is 2.41. The highest BCUT2D eigenvalue weighted by Crippen LogP contribution is 2.57. The molecule has 0 heterocycles. The minimum atomic E-state index is -0.170. The molecule has 2 saturated carbocycles. The van der Waals surface area contributed by atoms with Gasteiger partial charge >= 0.3 is 0 Å². The van der Waals surface area contributed by atoms with Crippen molar-refractivity contribution in [2.24, 2.45) is 28.6 Å². The zero-order chi connectivity index (χ0) is 12.8. The zero-order valence-electron chi connectivity index (χ0n) is 12.3. The van der Waals surface area contributed by atoms with Gasteiger partial charge in [-0.25, -0.2) is 0 Å². The first-order chi connectivity index (χ1) is 7.77. The second-order valence-corrected chi connectivity index (χ2v) is 7.77. The van der Waals surface area contributed by atoms with Crippen LogP contribution in [0.1, 0.15) is 66.7 Å². The van der Waals surface area contributed by atoms with Gasteiger partial charge in [-0.3, -0.25) is 0 Å². The molecule has 1 nitrogen and oxygen atoms in total. The van der Waals surface area contributed by atoms with E-state index in [1.165, 1.54) is 32.1 Å². The third-order valence-corrected chi connectivity index (χ3v) is 6.37. The van der Waals surface area contributed by atoms with Gasteiger partial charge in [0.1, 0.15) is 0 Å². The lowest BCUT2D eigenvalue weighted by Crippen LogP contribution is -2.49. The maximum Gasteiger partial charge on any atom is 0.0568 e. The number of rotatable bonds is 1. The molecule has 0 saturated heterocycles. The van der Waals surface area contributed by atoms with Gasteiger partial charge in [-0.2, -0.15) is 0 Å². The van der Waals surface area contributed by atoms with Gasteiger partial charge in [-0.05, 0) is 54.8 Å². The predicted molar refractivity (Wildman–Crippen MR) is 72.8 cm³/mol. The molecule has 0 aromatic heterocycles. The maximum atomic E-state index is 10.2. The number of fused-ring (bicyclic) bond motifs is 1. The van der Waals surface area contributed by atoms with E-state index in [0.717, 1.165) is 11.8 Å². The largest absolute Gasteiger partial charge is 0.393 e. The van der Waals surface area contributed by atoms with Crippen LogP contribution in [0.2, 0.25) is 0 Å². The highest BCUT2D eigenvalue weighted by molar-refractivity contribution is 5.00. The van der Waals surface area contributed by atoms with Crippen molar-refractivity contribution in [1.29, 1.82) is 0 Å². The molecule has 1 N–H and O–H groups in total. The zero-order valence-corrected chi connectivity index (χ0v) is 12.3. The number of hydrogen-bond acceptors (Lipinski definition) is 1. The van der Waals surface area contributed by atoms with E-state index in [-0.39, 0.29) is 11.5 Å². The van der Waals surface area contributed by atoms with Crippen LogP contribution in [-0.2, 0) is 0 Å². The fourth-order valence-corrected chi connectivity index (χ4v) is 4.55. The third kappa shape index (κ3) is 2.16. The first-order valence-corrected chi connectivity index (χ1v) is 7.45. The molecule has 5 atom stereocenters. The van der Waals surface area contributed by atoms with E-state index in [0.29, 0.717) is 11.3 Å². The number of aliphatic hydroxyl groups excluding tert-OH is 1. The minimum Gasteiger partial charge on any atom is -0.393 e. The van der Waals surface area contributed by atoms with Crippen molar-refractivity contribution in [2.45, 2.75) is 72.8 Å². The van der Waals surface area contributed by atoms with Crippen molar-refractivity contribution in [2.75, 3.05) is 0 Å². The standard InChI is InChI=1S/C16H30O/c1-11-9-13-7-6-8-15(3,4)14(13)10-16(11,5)12(2)17/h11-14,17H,6-10H2,1-5H3/t11-,12-,13-,14+,16+/m0/s1. The molecule has 0 unspecified atom stereocenters. The van der Waals surface area contributed by atoms with Crippen LogP contribution in [0.25, 0.3) is 0 Å². The van der Waals surface area contributed by atoms with Gasteiger partial charge in [-0.15, -0.1) is 0 Å². The summed E-state index contributed by atoms with van der Waals surface area (Å²) < 4.78 is 0. The van der Waals surface area contributed by atoms with Crippen LogP contribution >= 0.6 is 0 Å². The smallest absolute Gasteiger partial charge is 0.0568 e. The molecule has 2 aliphatic carbocycles. The summed E-state index contributed by atoms with van der Waals surface area (Å²) in [4.78, 5) is 0. The van der Waals surface area contributed by atoms with Gasteiger partial charge in [0.2, 0.25) is 0 Å². The summed E-state index contributed by atoms with van der Waals surface area (Å²) >= 11 is 0. The first-order valence-electron chi connectivity index (χ1n) is 7.45. The molecule has 0 aromatic carbocycles. The van der Waals surface area contributed by atoms with Gasteiger partial charge in [0, 0.05) is 0 Å².